The first-order valence-corrected chi connectivity index (χ1v) is 5.50. The van der Waals surface area contributed by atoms with Gasteiger partial charge in [-0.1, -0.05) is 6.58 Å². The number of halogens is 1. The van der Waals surface area contributed by atoms with Crippen LogP contribution in [0.5, 0.6) is 5.75 Å². The van der Waals surface area contributed by atoms with Crippen LogP contribution in [0.2, 0.25) is 0 Å². The van der Waals surface area contributed by atoms with Crippen LogP contribution in [-0.2, 0) is 9.53 Å². The average molecular weight is 253 g/mol. The Hall–Kier alpha value is -2.04. The van der Waals surface area contributed by atoms with Crippen LogP contribution in [-0.4, -0.2) is 26.2 Å². The maximum absolute atomic E-state index is 13.4. The molecule has 1 rings (SSSR count). The number of carbonyl (C=O) groups is 1. The minimum Gasteiger partial charge on any atom is -0.494 e. The van der Waals surface area contributed by atoms with Crippen molar-refractivity contribution in [3.05, 3.63) is 36.2 Å². The van der Waals surface area contributed by atoms with Crippen LogP contribution in [0.1, 0.15) is 6.92 Å². The zero-order chi connectivity index (χ0) is 13.5. The van der Waals surface area contributed by atoms with E-state index >= 15 is 0 Å². The van der Waals surface area contributed by atoms with Crippen molar-refractivity contribution >= 4 is 11.7 Å². The molecule has 0 unspecified atom stereocenters. The first-order valence-electron chi connectivity index (χ1n) is 5.50. The molecule has 0 heterocycles. The van der Waals surface area contributed by atoms with Gasteiger partial charge in [-0.15, -0.1) is 0 Å². The van der Waals surface area contributed by atoms with Gasteiger partial charge in [-0.25, -0.2) is 9.18 Å². The minimum atomic E-state index is -0.468. The average Bonchev–Trinajstić information content (AvgIpc) is 2.36. The van der Waals surface area contributed by atoms with E-state index in [1.807, 2.05) is 0 Å². The molecule has 1 aromatic carbocycles. The van der Waals surface area contributed by atoms with Crippen LogP contribution in [0, 0.1) is 5.82 Å². The topological polar surface area (TPSA) is 47.6 Å². The highest BCUT2D eigenvalue weighted by Crippen LogP contribution is 2.20. The van der Waals surface area contributed by atoms with Crippen molar-refractivity contribution in [3.8, 4) is 5.75 Å². The molecule has 0 aliphatic heterocycles. The molecule has 1 aromatic rings. The summed E-state index contributed by atoms with van der Waals surface area (Å²) in [5, 5.41) is 2.88. The Morgan fingerprint density at radius 3 is 2.78 bits per heavy atom. The van der Waals surface area contributed by atoms with Crippen LogP contribution >= 0.6 is 0 Å². The van der Waals surface area contributed by atoms with Gasteiger partial charge in [0.25, 0.3) is 0 Å². The number of esters is 1. The molecule has 4 nitrogen and oxygen atoms in total. The summed E-state index contributed by atoms with van der Waals surface area (Å²) in [4.78, 5) is 11.3. The lowest BCUT2D eigenvalue weighted by molar-refractivity contribution is -0.138. The lowest BCUT2D eigenvalue weighted by Crippen LogP contribution is -2.14. The smallest absolute Gasteiger partial charge is 0.335 e. The van der Waals surface area contributed by atoms with Gasteiger partial charge in [-0.3, -0.25) is 0 Å². The molecular weight excluding hydrogens is 237 g/mol. The molecule has 0 aliphatic carbocycles. The largest absolute Gasteiger partial charge is 0.494 e. The van der Waals surface area contributed by atoms with E-state index < -0.39 is 11.8 Å². The quantitative estimate of drug-likeness (QED) is 0.624. The van der Waals surface area contributed by atoms with Crippen molar-refractivity contribution in [2.45, 2.75) is 6.92 Å². The number of methoxy groups -OCH3 is 1. The highest BCUT2D eigenvalue weighted by molar-refractivity contribution is 5.88. The number of hydrogen-bond acceptors (Lipinski definition) is 4. The van der Waals surface area contributed by atoms with Crippen molar-refractivity contribution < 1.29 is 18.7 Å². The van der Waals surface area contributed by atoms with Gasteiger partial charge in [0.2, 0.25) is 0 Å². The molecule has 0 bridgehead atoms. The van der Waals surface area contributed by atoms with E-state index in [-0.39, 0.29) is 17.9 Å². The van der Waals surface area contributed by atoms with Crippen molar-refractivity contribution in [2.75, 3.05) is 25.6 Å². The summed E-state index contributed by atoms with van der Waals surface area (Å²) < 4.78 is 23.0. The first-order chi connectivity index (χ1) is 8.58. The summed E-state index contributed by atoms with van der Waals surface area (Å²) in [6.07, 6.45) is 0. The van der Waals surface area contributed by atoms with Crippen molar-refractivity contribution in [1.82, 2.24) is 0 Å². The van der Waals surface area contributed by atoms with E-state index in [1.54, 1.807) is 13.0 Å². The molecule has 0 radical (unpaired) electrons. The van der Waals surface area contributed by atoms with Crippen molar-refractivity contribution in [3.63, 3.8) is 0 Å². The molecule has 0 aliphatic rings. The summed E-state index contributed by atoms with van der Waals surface area (Å²) in [6, 6.07) is 4.45. The Morgan fingerprint density at radius 1 is 1.50 bits per heavy atom. The molecule has 0 saturated carbocycles. The summed E-state index contributed by atoms with van der Waals surface area (Å²) in [5.41, 5.74) is 0.826. The van der Waals surface area contributed by atoms with Gasteiger partial charge in [-0.2, -0.15) is 0 Å². The number of benzene rings is 1. The maximum atomic E-state index is 13.4. The summed E-state index contributed by atoms with van der Waals surface area (Å²) in [6.45, 7) is 5.81. The Bertz CT molecular complexity index is 446. The van der Waals surface area contributed by atoms with Crippen molar-refractivity contribution in [2.24, 2.45) is 0 Å². The molecule has 0 saturated heterocycles. The van der Waals surface area contributed by atoms with Gasteiger partial charge in [0, 0.05) is 23.9 Å². The SMILES string of the molecule is C=C(CNc1ccc(OC)c(F)c1)C(=O)OCC. The molecule has 0 amide bonds. The highest BCUT2D eigenvalue weighted by Gasteiger charge is 2.08. The van der Waals surface area contributed by atoms with Gasteiger partial charge in [0.15, 0.2) is 11.6 Å². The van der Waals surface area contributed by atoms with Crippen LogP contribution in [0.3, 0.4) is 0 Å². The number of carbonyl (C=O) groups excluding carboxylic acids is 1. The van der Waals surface area contributed by atoms with Gasteiger partial charge in [0.05, 0.1) is 13.7 Å². The number of nitrogens with one attached hydrogen (secondary N) is 1. The maximum Gasteiger partial charge on any atom is 0.335 e. The van der Waals surface area contributed by atoms with E-state index in [9.17, 15) is 9.18 Å². The normalized spacial score (nSPS) is 9.72. The lowest BCUT2D eigenvalue weighted by Gasteiger charge is -2.09. The van der Waals surface area contributed by atoms with Gasteiger partial charge in [-0.05, 0) is 19.1 Å². The zero-order valence-corrected chi connectivity index (χ0v) is 10.5. The fourth-order valence-electron chi connectivity index (χ4n) is 1.29. The molecule has 0 fully saturated rings. The van der Waals surface area contributed by atoms with Gasteiger partial charge < -0.3 is 14.8 Å². The molecule has 0 atom stereocenters. The predicted molar refractivity (Wildman–Crippen MR) is 67.2 cm³/mol. The second kappa shape index (κ2) is 6.64. The molecule has 98 valence electrons. The Labute approximate surface area is 105 Å². The summed E-state index contributed by atoms with van der Waals surface area (Å²) in [5.74, 6) is -0.756. The number of rotatable bonds is 6. The van der Waals surface area contributed by atoms with E-state index in [4.69, 9.17) is 9.47 Å². The molecule has 0 aromatic heterocycles. The molecule has 0 spiro atoms. The summed E-state index contributed by atoms with van der Waals surface area (Å²) in [7, 11) is 1.40. The van der Waals surface area contributed by atoms with E-state index in [0.717, 1.165) is 0 Å². The second-order valence-electron chi connectivity index (χ2n) is 3.53. The number of ether oxygens (including phenoxy) is 2. The molecular formula is C13H16FNO3. The molecule has 5 heteroatoms. The Kier molecular flexibility index (Phi) is 5.17. The van der Waals surface area contributed by atoms with Crippen LogP contribution in [0.4, 0.5) is 10.1 Å². The fraction of sp³-hybridized carbons (Fsp3) is 0.308. The molecule has 1 N–H and O–H groups in total. The van der Waals surface area contributed by atoms with Gasteiger partial charge >= 0.3 is 5.97 Å². The van der Waals surface area contributed by atoms with Crippen molar-refractivity contribution in [1.29, 1.82) is 0 Å². The highest BCUT2D eigenvalue weighted by atomic mass is 19.1. The van der Waals surface area contributed by atoms with Crippen LogP contribution < -0.4 is 10.1 Å². The lowest BCUT2D eigenvalue weighted by atomic mass is 10.2. The summed E-state index contributed by atoms with van der Waals surface area (Å²) >= 11 is 0. The van der Waals surface area contributed by atoms with E-state index in [2.05, 4.69) is 11.9 Å². The third-order valence-corrected chi connectivity index (χ3v) is 2.22. The Morgan fingerprint density at radius 2 is 2.22 bits per heavy atom. The monoisotopic (exact) mass is 253 g/mol. The molecule has 18 heavy (non-hydrogen) atoms. The van der Waals surface area contributed by atoms with E-state index in [0.29, 0.717) is 12.3 Å². The van der Waals surface area contributed by atoms with Crippen LogP contribution in [0.15, 0.2) is 30.4 Å². The third kappa shape index (κ3) is 3.76. The minimum absolute atomic E-state index is 0.171. The third-order valence-electron chi connectivity index (χ3n) is 2.22. The predicted octanol–water partition coefficient (Wildman–Crippen LogP) is 2.37. The second-order valence-corrected chi connectivity index (χ2v) is 3.53. The number of anilines is 1. The van der Waals surface area contributed by atoms with Gasteiger partial charge in [0.1, 0.15) is 0 Å². The van der Waals surface area contributed by atoms with Crippen LogP contribution in [0.25, 0.3) is 0 Å². The number of hydrogen-bond donors (Lipinski definition) is 1. The zero-order valence-electron chi connectivity index (χ0n) is 10.5. The first kappa shape index (κ1) is 14.0. The fourth-order valence-corrected chi connectivity index (χ4v) is 1.29. The van der Waals surface area contributed by atoms with E-state index in [1.165, 1.54) is 19.2 Å². The Balaban J connectivity index is 2.56. The standard InChI is InChI=1S/C13H16FNO3/c1-4-18-13(16)9(2)8-15-10-5-6-12(17-3)11(14)7-10/h5-7,15H,2,4,8H2,1,3H3.